The second kappa shape index (κ2) is 7.75. The standard InChI is InChI=1S/C18H28N2O2/c1-4-5-6-16(19)11-14-7-8-17-15(10-14)9-13(2)20(17)18(21)12-22-3/h7-8,10,13,16H,4-6,9,11-12,19H2,1-3H3. The molecule has 122 valence electrons. The molecule has 0 saturated carbocycles. The fourth-order valence-electron chi connectivity index (χ4n) is 3.26. The molecule has 2 rings (SSSR count). The lowest BCUT2D eigenvalue weighted by molar-refractivity contribution is -0.122. The van der Waals surface area contributed by atoms with Crippen LogP contribution < -0.4 is 10.6 Å². The van der Waals surface area contributed by atoms with E-state index in [1.165, 1.54) is 24.0 Å². The van der Waals surface area contributed by atoms with Gasteiger partial charge in [-0.05, 0) is 43.4 Å². The number of benzene rings is 1. The van der Waals surface area contributed by atoms with Crippen molar-refractivity contribution in [2.24, 2.45) is 5.73 Å². The molecule has 0 fully saturated rings. The van der Waals surface area contributed by atoms with Crippen molar-refractivity contribution in [3.8, 4) is 0 Å². The van der Waals surface area contributed by atoms with Gasteiger partial charge in [-0.3, -0.25) is 4.79 Å². The van der Waals surface area contributed by atoms with Gasteiger partial charge in [0.15, 0.2) is 0 Å². The normalized spacial score (nSPS) is 18.4. The van der Waals surface area contributed by atoms with Crippen LogP contribution in [-0.4, -0.2) is 31.7 Å². The van der Waals surface area contributed by atoms with Crippen molar-refractivity contribution < 1.29 is 9.53 Å². The average molecular weight is 304 g/mol. The lowest BCUT2D eigenvalue weighted by Crippen LogP contribution is -2.38. The van der Waals surface area contributed by atoms with Crippen LogP contribution in [0.3, 0.4) is 0 Å². The topological polar surface area (TPSA) is 55.6 Å². The second-order valence-electron chi connectivity index (χ2n) is 6.32. The Morgan fingerprint density at radius 2 is 2.27 bits per heavy atom. The predicted octanol–water partition coefficient (Wildman–Crippen LogP) is 2.67. The summed E-state index contributed by atoms with van der Waals surface area (Å²) in [6.45, 7) is 4.41. The summed E-state index contributed by atoms with van der Waals surface area (Å²) in [7, 11) is 1.56. The summed E-state index contributed by atoms with van der Waals surface area (Å²) in [6, 6.07) is 6.81. The van der Waals surface area contributed by atoms with Gasteiger partial charge >= 0.3 is 0 Å². The molecule has 2 N–H and O–H groups in total. The van der Waals surface area contributed by atoms with E-state index in [4.69, 9.17) is 10.5 Å². The van der Waals surface area contributed by atoms with E-state index in [2.05, 4.69) is 32.0 Å². The van der Waals surface area contributed by atoms with Crippen LogP contribution in [0.15, 0.2) is 18.2 Å². The molecular weight excluding hydrogens is 276 g/mol. The van der Waals surface area contributed by atoms with Crippen LogP contribution in [0.5, 0.6) is 0 Å². The average Bonchev–Trinajstić information content (AvgIpc) is 2.80. The highest BCUT2D eigenvalue weighted by atomic mass is 16.5. The maximum atomic E-state index is 12.2. The molecule has 0 aliphatic carbocycles. The third-order valence-electron chi connectivity index (χ3n) is 4.32. The van der Waals surface area contributed by atoms with Crippen molar-refractivity contribution in [1.82, 2.24) is 0 Å². The molecule has 2 unspecified atom stereocenters. The minimum absolute atomic E-state index is 0.0288. The molecule has 0 saturated heterocycles. The van der Waals surface area contributed by atoms with Crippen LogP contribution >= 0.6 is 0 Å². The Morgan fingerprint density at radius 3 is 2.95 bits per heavy atom. The van der Waals surface area contributed by atoms with Gasteiger partial charge in [-0.25, -0.2) is 0 Å². The van der Waals surface area contributed by atoms with Crippen LogP contribution in [0.1, 0.15) is 44.2 Å². The lowest BCUT2D eigenvalue weighted by Gasteiger charge is -2.22. The fourth-order valence-corrected chi connectivity index (χ4v) is 3.26. The first-order valence-electron chi connectivity index (χ1n) is 8.25. The van der Waals surface area contributed by atoms with E-state index in [-0.39, 0.29) is 24.6 Å². The number of hydrogen-bond donors (Lipinski definition) is 1. The molecule has 0 bridgehead atoms. The largest absolute Gasteiger partial charge is 0.375 e. The number of carbonyl (C=O) groups is 1. The lowest BCUT2D eigenvalue weighted by atomic mass is 9.99. The van der Waals surface area contributed by atoms with Crippen molar-refractivity contribution in [3.63, 3.8) is 0 Å². The number of fused-ring (bicyclic) bond motifs is 1. The summed E-state index contributed by atoms with van der Waals surface area (Å²) < 4.78 is 4.99. The number of nitrogens with zero attached hydrogens (tertiary/aromatic N) is 1. The first-order valence-corrected chi connectivity index (χ1v) is 8.25. The van der Waals surface area contributed by atoms with Crippen LogP contribution in [-0.2, 0) is 22.4 Å². The van der Waals surface area contributed by atoms with Crippen molar-refractivity contribution in [1.29, 1.82) is 0 Å². The molecule has 1 aromatic carbocycles. The SMILES string of the molecule is CCCCC(N)Cc1ccc2c(c1)CC(C)N2C(=O)COC. The summed E-state index contributed by atoms with van der Waals surface area (Å²) in [5, 5.41) is 0. The number of amides is 1. The van der Waals surface area contributed by atoms with Gasteiger partial charge < -0.3 is 15.4 Å². The number of anilines is 1. The Bertz CT molecular complexity index is 516. The van der Waals surface area contributed by atoms with Crippen molar-refractivity contribution in [2.75, 3.05) is 18.6 Å². The summed E-state index contributed by atoms with van der Waals surface area (Å²) >= 11 is 0. The molecule has 4 nitrogen and oxygen atoms in total. The summed E-state index contributed by atoms with van der Waals surface area (Å²) in [6.07, 6.45) is 5.26. The predicted molar refractivity (Wildman–Crippen MR) is 90.2 cm³/mol. The third-order valence-corrected chi connectivity index (χ3v) is 4.32. The third kappa shape index (κ3) is 3.87. The monoisotopic (exact) mass is 304 g/mol. The first-order chi connectivity index (χ1) is 10.6. The maximum Gasteiger partial charge on any atom is 0.253 e. The molecular formula is C18H28N2O2. The van der Waals surface area contributed by atoms with Gasteiger partial charge in [-0.2, -0.15) is 0 Å². The van der Waals surface area contributed by atoms with Crippen molar-refractivity contribution in [2.45, 2.75) is 58.0 Å². The van der Waals surface area contributed by atoms with Crippen LogP contribution in [0.25, 0.3) is 0 Å². The minimum atomic E-state index is 0.0288. The number of rotatable bonds is 7. The number of ether oxygens (including phenoxy) is 1. The summed E-state index contributed by atoms with van der Waals surface area (Å²) in [4.78, 5) is 14.0. The molecule has 1 amide bonds. The highest BCUT2D eigenvalue weighted by molar-refractivity contribution is 5.97. The Kier molecular flexibility index (Phi) is 5.98. The maximum absolute atomic E-state index is 12.2. The van der Waals surface area contributed by atoms with E-state index in [9.17, 15) is 4.79 Å². The second-order valence-corrected chi connectivity index (χ2v) is 6.32. The fraction of sp³-hybridized carbons (Fsp3) is 0.611. The van der Waals surface area contributed by atoms with Gasteiger partial charge in [0, 0.05) is 24.9 Å². The Balaban J connectivity index is 2.09. The number of nitrogens with two attached hydrogens (primary N) is 1. The molecule has 0 aromatic heterocycles. The van der Waals surface area contributed by atoms with Crippen LogP contribution in [0, 0.1) is 0 Å². The molecule has 22 heavy (non-hydrogen) atoms. The Morgan fingerprint density at radius 1 is 1.50 bits per heavy atom. The molecule has 1 aliphatic heterocycles. The Labute approximate surface area is 133 Å². The quantitative estimate of drug-likeness (QED) is 0.842. The van der Waals surface area contributed by atoms with Crippen molar-refractivity contribution in [3.05, 3.63) is 29.3 Å². The van der Waals surface area contributed by atoms with Crippen LogP contribution in [0.2, 0.25) is 0 Å². The van der Waals surface area contributed by atoms with E-state index in [1.54, 1.807) is 7.11 Å². The van der Waals surface area contributed by atoms with Gasteiger partial charge in [0.25, 0.3) is 5.91 Å². The molecule has 4 heteroatoms. The Hall–Kier alpha value is -1.39. The molecule has 2 atom stereocenters. The smallest absolute Gasteiger partial charge is 0.253 e. The van der Waals surface area contributed by atoms with Crippen LogP contribution in [0.4, 0.5) is 5.69 Å². The molecule has 1 aromatic rings. The van der Waals surface area contributed by atoms with Gasteiger partial charge in [0.05, 0.1) is 0 Å². The van der Waals surface area contributed by atoms with Crippen molar-refractivity contribution >= 4 is 11.6 Å². The van der Waals surface area contributed by atoms with E-state index >= 15 is 0 Å². The van der Waals surface area contributed by atoms with E-state index in [1.807, 2.05) is 4.90 Å². The minimum Gasteiger partial charge on any atom is -0.375 e. The van der Waals surface area contributed by atoms with E-state index in [0.717, 1.165) is 24.9 Å². The zero-order valence-corrected chi connectivity index (χ0v) is 14.0. The zero-order chi connectivity index (χ0) is 16.1. The van der Waals surface area contributed by atoms with Gasteiger partial charge in [-0.1, -0.05) is 31.9 Å². The highest BCUT2D eigenvalue weighted by Crippen LogP contribution is 2.33. The first kappa shape index (κ1) is 17.0. The van der Waals surface area contributed by atoms with E-state index in [0.29, 0.717) is 0 Å². The highest BCUT2D eigenvalue weighted by Gasteiger charge is 2.30. The molecule has 1 heterocycles. The molecule has 0 spiro atoms. The van der Waals surface area contributed by atoms with Gasteiger partial charge in [0.1, 0.15) is 6.61 Å². The summed E-state index contributed by atoms with van der Waals surface area (Å²) in [5.41, 5.74) is 9.75. The molecule has 1 aliphatic rings. The van der Waals surface area contributed by atoms with Gasteiger partial charge in [0.2, 0.25) is 0 Å². The van der Waals surface area contributed by atoms with Gasteiger partial charge in [-0.15, -0.1) is 0 Å². The number of hydrogen-bond acceptors (Lipinski definition) is 3. The zero-order valence-electron chi connectivity index (χ0n) is 14.0. The number of methoxy groups -OCH3 is 1. The molecule has 0 radical (unpaired) electrons. The van der Waals surface area contributed by atoms with E-state index < -0.39 is 0 Å². The number of unbranched alkanes of at least 4 members (excludes halogenated alkanes) is 1. The number of carbonyl (C=O) groups excluding carboxylic acids is 1. The summed E-state index contributed by atoms with van der Waals surface area (Å²) in [5.74, 6) is 0.0288.